The van der Waals surface area contributed by atoms with E-state index in [1.807, 2.05) is 0 Å². The predicted octanol–water partition coefficient (Wildman–Crippen LogP) is 2.36. The van der Waals surface area contributed by atoms with Crippen LogP contribution in [0.5, 0.6) is 0 Å². The van der Waals surface area contributed by atoms with Crippen LogP contribution in [0.2, 0.25) is 0 Å². The van der Waals surface area contributed by atoms with Crippen molar-refractivity contribution in [3.63, 3.8) is 0 Å². The number of carbonyl (C=O) groups excluding carboxylic acids is 1. The van der Waals surface area contributed by atoms with Crippen LogP contribution in [0.25, 0.3) is 10.9 Å². The molecule has 0 spiro atoms. The number of esters is 1. The van der Waals surface area contributed by atoms with Gasteiger partial charge in [-0.3, -0.25) is 18.5 Å². The monoisotopic (exact) mass is 399 g/mol. The molecule has 0 saturated carbocycles. The largest absolute Gasteiger partial charge is 0.550 e. The number of nitrogens with zero attached hydrogens (tertiary/aromatic N) is 3. The van der Waals surface area contributed by atoms with Crippen molar-refractivity contribution in [2.24, 2.45) is 0 Å². The van der Waals surface area contributed by atoms with Crippen molar-refractivity contribution >= 4 is 24.7 Å². The van der Waals surface area contributed by atoms with E-state index < -0.39 is 25.0 Å². The van der Waals surface area contributed by atoms with E-state index in [0.717, 1.165) is 0 Å². The standard InChI is InChI=1S/C16H22N3O7P/c1-6-23-27(22,24-7-2)26-19-14(20)13-11(15(21)25-16(3,4)5)9-8-10-12(13)17-18-19/h8-10H,6-7H2,1-5H3. The van der Waals surface area contributed by atoms with Gasteiger partial charge in [-0.05, 0) is 56.8 Å². The number of phosphoric acid groups is 1. The van der Waals surface area contributed by atoms with Crippen molar-refractivity contribution in [2.75, 3.05) is 13.2 Å². The molecule has 0 unspecified atom stereocenters. The highest BCUT2D eigenvalue weighted by molar-refractivity contribution is 7.48. The normalized spacial score (nSPS) is 12.2. The Hall–Kier alpha value is -2.29. The van der Waals surface area contributed by atoms with Crippen LogP contribution in [0.3, 0.4) is 0 Å². The molecule has 0 aliphatic heterocycles. The minimum atomic E-state index is -4.07. The smallest absolute Gasteiger partial charge is 0.456 e. The molecule has 0 aliphatic carbocycles. The lowest BCUT2D eigenvalue weighted by Gasteiger charge is -2.20. The average molecular weight is 399 g/mol. The van der Waals surface area contributed by atoms with E-state index in [2.05, 4.69) is 10.3 Å². The lowest BCUT2D eigenvalue weighted by molar-refractivity contribution is 0.00716. The van der Waals surface area contributed by atoms with Gasteiger partial charge in [0.15, 0.2) is 0 Å². The van der Waals surface area contributed by atoms with Gasteiger partial charge < -0.3 is 4.74 Å². The third-order valence-electron chi connectivity index (χ3n) is 3.03. The highest BCUT2D eigenvalue weighted by Gasteiger charge is 2.30. The third-order valence-corrected chi connectivity index (χ3v) is 4.54. The van der Waals surface area contributed by atoms with Crippen LogP contribution in [0.15, 0.2) is 23.0 Å². The lowest BCUT2D eigenvalue weighted by atomic mass is 10.1. The molecule has 1 aromatic carbocycles. The van der Waals surface area contributed by atoms with Gasteiger partial charge in [0.25, 0.3) is 0 Å². The van der Waals surface area contributed by atoms with Crippen LogP contribution in [-0.2, 0) is 18.3 Å². The lowest BCUT2D eigenvalue weighted by Crippen LogP contribution is -2.32. The minimum absolute atomic E-state index is 0.0117. The van der Waals surface area contributed by atoms with Crippen molar-refractivity contribution < 1.29 is 27.8 Å². The van der Waals surface area contributed by atoms with Gasteiger partial charge in [0, 0.05) is 0 Å². The Kier molecular flexibility index (Phi) is 6.35. The summed E-state index contributed by atoms with van der Waals surface area (Å²) in [7, 11) is -4.07. The Balaban J connectivity index is 2.55. The van der Waals surface area contributed by atoms with E-state index in [9.17, 15) is 14.2 Å². The number of hydrogen-bond acceptors (Lipinski definition) is 9. The average Bonchev–Trinajstić information content (AvgIpc) is 2.56. The number of benzene rings is 1. The van der Waals surface area contributed by atoms with Gasteiger partial charge in [-0.25, -0.2) is 9.36 Å². The van der Waals surface area contributed by atoms with Crippen molar-refractivity contribution in [3.8, 4) is 0 Å². The molecule has 0 bridgehead atoms. The number of rotatable bonds is 7. The quantitative estimate of drug-likeness (QED) is 0.510. The molecule has 1 aromatic heterocycles. The van der Waals surface area contributed by atoms with Crippen molar-refractivity contribution in [1.82, 2.24) is 15.2 Å². The molecular formula is C16H22N3O7P. The van der Waals surface area contributed by atoms with Crippen molar-refractivity contribution in [2.45, 2.75) is 40.2 Å². The number of hydrogen-bond donors (Lipinski definition) is 0. The fourth-order valence-corrected chi connectivity index (χ4v) is 3.22. The zero-order valence-corrected chi connectivity index (χ0v) is 16.7. The summed E-state index contributed by atoms with van der Waals surface area (Å²) < 4.78 is 32.8. The Morgan fingerprint density at radius 3 is 2.37 bits per heavy atom. The summed E-state index contributed by atoms with van der Waals surface area (Å²) in [6.07, 6.45) is 0. The van der Waals surface area contributed by atoms with E-state index >= 15 is 0 Å². The van der Waals surface area contributed by atoms with Crippen LogP contribution in [-0.4, -0.2) is 39.9 Å². The van der Waals surface area contributed by atoms with Gasteiger partial charge in [0.05, 0.1) is 24.2 Å². The SMILES string of the molecule is CCOP(=O)(OCC)On1nnc2cccc(C(=O)OC(C)(C)C)c2c1=O. The van der Waals surface area contributed by atoms with Gasteiger partial charge in [-0.2, -0.15) is 0 Å². The number of ether oxygens (including phenoxy) is 1. The summed E-state index contributed by atoms with van der Waals surface area (Å²) in [5.41, 5.74) is -1.45. The first-order chi connectivity index (χ1) is 12.6. The van der Waals surface area contributed by atoms with Crippen LogP contribution in [0, 0.1) is 0 Å². The van der Waals surface area contributed by atoms with Gasteiger partial charge in [-0.1, -0.05) is 6.07 Å². The molecule has 10 nitrogen and oxygen atoms in total. The molecular weight excluding hydrogens is 377 g/mol. The van der Waals surface area contributed by atoms with Gasteiger partial charge >= 0.3 is 19.4 Å². The van der Waals surface area contributed by atoms with Gasteiger partial charge in [0.1, 0.15) is 11.1 Å². The van der Waals surface area contributed by atoms with Crippen LogP contribution < -0.4 is 10.2 Å². The van der Waals surface area contributed by atoms with E-state index in [1.54, 1.807) is 40.7 Å². The summed E-state index contributed by atoms with van der Waals surface area (Å²) in [6, 6.07) is 4.48. The molecule has 0 amide bonds. The molecule has 11 heteroatoms. The number of fused-ring (bicyclic) bond motifs is 1. The predicted molar refractivity (Wildman–Crippen MR) is 96.4 cm³/mol. The first kappa shape index (κ1) is 21.0. The molecule has 2 aromatic rings. The molecule has 148 valence electrons. The highest BCUT2D eigenvalue weighted by Crippen LogP contribution is 2.45. The van der Waals surface area contributed by atoms with Crippen LogP contribution >= 0.6 is 7.82 Å². The maximum absolute atomic E-state index is 12.8. The molecule has 0 radical (unpaired) electrons. The summed E-state index contributed by atoms with van der Waals surface area (Å²) in [5, 5.41) is 7.33. The Labute approximate surface area is 155 Å². The minimum Gasteiger partial charge on any atom is -0.456 e. The molecule has 0 atom stereocenters. The van der Waals surface area contributed by atoms with Crippen molar-refractivity contribution in [3.05, 3.63) is 34.1 Å². The molecule has 0 fully saturated rings. The zero-order valence-electron chi connectivity index (χ0n) is 15.8. The second-order valence-electron chi connectivity index (χ2n) is 6.33. The van der Waals surface area contributed by atoms with Crippen LogP contribution in [0.1, 0.15) is 45.0 Å². The first-order valence-electron chi connectivity index (χ1n) is 8.31. The summed E-state index contributed by atoms with van der Waals surface area (Å²) >= 11 is 0. The van der Waals surface area contributed by atoms with Crippen LogP contribution in [0.4, 0.5) is 0 Å². The molecule has 0 aliphatic rings. The summed E-state index contributed by atoms with van der Waals surface area (Å²) in [4.78, 5) is 25.7. The highest BCUT2D eigenvalue weighted by atomic mass is 31.2. The molecule has 1 heterocycles. The summed E-state index contributed by atoms with van der Waals surface area (Å²) in [5.74, 6) is -0.706. The molecule has 0 saturated heterocycles. The van der Waals surface area contributed by atoms with Gasteiger partial charge in [0.2, 0.25) is 0 Å². The van der Waals surface area contributed by atoms with Gasteiger partial charge in [-0.15, -0.1) is 5.10 Å². The molecule has 27 heavy (non-hydrogen) atoms. The fourth-order valence-electron chi connectivity index (χ4n) is 2.13. The molecule has 0 N–H and O–H groups in total. The molecule has 2 rings (SSSR count). The maximum atomic E-state index is 12.8. The Morgan fingerprint density at radius 2 is 1.81 bits per heavy atom. The van der Waals surface area contributed by atoms with E-state index in [0.29, 0.717) is 4.85 Å². The number of aromatic nitrogens is 3. The van der Waals surface area contributed by atoms with E-state index in [4.69, 9.17) is 18.4 Å². The fraction of sp³-hybridized carbons (Fsp3) is 0.500. The van der Waals surface area contributed by atoms with E-state index in [-0.39, 0.29) is 29.7 Å². The number of carbonyl (C=O) groups is 1. The Morgan fingerprint density at radius 1 is 1.19 bits per heavy atom. The zero-order chi connectivity index (χ0) is 20.2. The second kappa shape index (κ2) is 8.16. The third kappa shape index (κ3) is 5.12. The summed E-state index contributed by atoms with van der Waals surface area (Å²) in [6.45, 7) is 8.34. The second-order valence-corrected chi connectivity index (χ2v) is 7.91. The van der Waals surface area contributed by atoms with E-state index in [1.165, 1.54) is 12.1 Å². The number of phosphoric ester groups is 1. The van der Waals surface area contributed by atoms with Crippen molar-refractivity contribution in [1.29, 1.82) is 0 Å². The first-order valence-corrected chi connectivity index (χ1v) is 9.77. The maximum Gasteiger partial charge on any atom is 0.550 e. The Bertz CT molecular complexity index is 926. The topological polar surface area (TPSA) is 119 Å².